The number of rotatable bonds is 7. The molecule has 24 heavy (non-hydrogen) atoms. The number of amides is 1. The first-order valence-corrected chi connectivity index (χ1v) is 8.32. The zero-order chi connectivity index (χ0) is 17.6. The van der Waals surface area contributed by atoms with Crippen molar-refractivity contribution in [3.63, 3.8) is 0 Å². The van der Waals surface area contributed by atoms with E-state index in [9.17, 15) is 9.18 Å². The number of nitrogens with one attached hydrogen (secondary N) is 1. The number of hydrogen-bond acceptors (Lipinski definition) is 4. The molecule has 1 fully saturated rings. The van der Waals surface area contributed by atoms with Crippen molar-refractivity contribution < 1.29 is 18.7 Å². The maximum atomic E-state index is 14.2. The summed E-state index contributed by atoms with van der Waals surface area (Å²) in [6.45, 7) is 2.13. The van der Waals surface area contributed by atoms with Gasteiger partial charge < -0.3 is 14.8 Å². The van der Waals surface area contributed by atoms with Gasteiger partial charge in [0, 0.05) is 45.3 Å². The number of nitrogens with zero attached hydrogens (tertiary/aromatic N) is 1. The number of methoxy groups -OCH3 is 2. The Morgan fingerprint density at radius 3 is 2.83 bits per heavy atom. The number of likely N-dealkylation sites (tertiary alicyclic amines) is 1. The highest BCUT2D eigenvalue weighted by atomic mass is 19.1. The van der Waals surface area contributed by atoms with Crippen molar-refractivity contribution in [1.82, 2.24) is 10.2 Å². The molecule has 1 unspecified atom stereocenters. The van der Waals surface area contributed by atoms with Gasteiger partial charge in [0.15, 0.2) is 0 Å². The zero-order valence-electron chi connectivity index (χ0n) is 14.7. The van der Waals surface area contributed by atoms with Crippen molar-refractivity contribution in [3.05, 3.63) is 29.6 Å². The molecular weight excluding hydrogens is 311 g/mol. The second kappa shape index (κ2) is 8.44. The van der Waals surface area contributed by atoms with Crippen molar-refractivity contribution in [3.8, 4) is 5.75 Å². The standard InChI is InChI=1S/C18H27FN2O3/c1-20-17(22)7-9-18(24-3)8-4-10-21(13-18)12-14-5-6-15(23-2)11-16(14)19/h5-6,11H,4,7-10,12-13H2,1-3H3,(H,20,22). The second-order valence-corrected chi connectivity index (χ2v) is 6.33. The van der Waals surface area contributed by atoms with Crippen molar-refractivity contribution >= 4 is 5.91 Å². The van der Waals surface area contributed by atoms with E-state index in [-0.39, 0.29) is 17.3 Å². The van der Waals surface area contributed by atoms with Gasteiger partial charge in [-0.1, -0.05) is 6.07 Å². The van der Waals surface area contributed by atoms with E-state index in [0.29, 0.717) is 37.2 Å². The van der Waals surface area contributed by atoms with Gasteiger partial charge >= 0.3 is 0 Å². The van der Waals surface area contributed by atoms with Gasteiger partial charge in [-0.15, -0.1) is 0 Å². The lowest BCUT2D eigenvalue weighted by atomic mass is 9.87. The Morgan fingerprint density at radius 2 is 2.21 bits per heavy atom. The number of hydrogen-bond donors (Lipinski definition) is 1. The second-order valence-electron chi connectivity index (χ2n) is 6.33. The lowest BCUT2D eigenvalue weighted by molar-refractivity contribution is -0.124. The van der Waals surface area contributed by atoms with Gasteiger partial charge in [-0.05, 0) is 31.9 Å². The lowest BCUT2D eigenvalue weighted by Crippen LogP contribution is -2.49. The molecule has 134 valence electrons. The van der Waals surface area contributed by atoms with Gasteiger partial charge in [-0.3, -0.25) is 9.69 Å². The predicted octanol–water partition coefficient (Wildman–Crippen LogP) is 2.34. The van der Waals surface area contributed by atoms with Gasteiger partial charge in [0.05, 0.1) is 12.7 Å². The van der Waals surface area contributed by atoms with E-state index in [4.69, 9.17) is 9.47 Å². The van der Waals surface area contributed by atoms with Crippen LogP contribution in [-0.2, 0) is 16.1 Å². The van der Waals surface area contributed by atoms with E-state index < -0.39 is 0 Å². The number of piperidine rings is 1. The number of carbonyl (C=O) groups excluding carboxylic acids is 1. The van der Waals surface area contributed by atoms with E-state index in [1.54, 1.807) is 26.3 Å². The van der Waals surface area contributed by atoms with Crippen LogP contribution in [0.3, 0.4) is 0 Å². The molecule has 0 saturated carbocycles. The molecule has 1 aliphatic heterocycles. The van der Waals surface area contributed by atoms with E-state index in [0.717, 1.165) is 19.4 Å². The van der Waals surface area contributed by atoms with Crippen LogP contribution >= 0.6 is 0 Å². The Bertz CT molecular complexity index is 567. The van der Waals surface area contributed by atoms with Crippen LogP contribution in [0.15, 0.2) is 18.2 Å². The number of carbonyl (C=O) groups is 1. The highest BCUT2D eigenvalue weighted by molar-refractivity contribution is 5.75. The summed E-state index contributed by atoms with van der Waals surface area (Å²) < 4.78 is 25.0. The number of ether oxygens (including phenoxy) is 2. The molecule has 0 radical (unpaired) electrons. The first-order valence-electron chi connectivity index (χ1n) is 8.32. The Labute approximate surface area is 143 Å². The average Bonchev–Trinajstić information content (AvgIpc) is 2.61. The van der Waals surface area contributed by atoms with Gasteiger partial charge in [-0.2, -0.15) is 0 Å². The van der Waals surface area contributed by atoms with Gasteiger partial charge in [0.1, 0.15) is 11.6 Å². The Morgan fingerprint density at radius 1 is 1.42 bits per heavy atom. The smallest absolute Gasteiger partial charge is 0.219 e. The van der Waals surface area contributed by atoms with E-state index in [1.807, 2.05) is 0 Å². The number of benzene rings is 1. The quantitative estimate of drug-likeness (QED) is 0.829. The topological polar surface area (TPSA) is 50.8 Å². The molecule has 1 amide bonds. The third kappa shape index (κ3) is 4.68. The fourth-order valence-corrected chi connectivity index (χ4v) is 3.29. The van der Waals surface area contributed by atoms with E-state index >= 15 is 0 Å². The minimum atomic E-state index is -0.340. The highest BCUT2D eigenvalue weighted by Gasteiger charge is 2.35. The van der Waals surface area contributed by atoms with Crippen LogP contribution in [0.1, 0.15) is 31.2 Å². The van der Waals surface area contributed by atoms with Crippen molar-refractivity contribution in [2.45, 2.75) is 37.8 Å². The van der Waals surface area contributed by atoms with Crippen LogP contribution in [0.2, 0.25) is 0 Å². The molecular formula is C18H27FN2O3. The maximum Gasteiger partial charge on any atom is 0.219 e. The van der Waals surface area contributed by atoms with Crippen LogP contribution in [0, 0.1) is 5.82 Å². The minimum Gasteiger partial charge on any atom is -0.497 e. The third-order valence-corrected chi connectivity index (χ3v) is 4.79. The summed E-state index contributed by atoms with van der Waals surface area (Å²) >= 11 is 0. The lowest BCUT2D eigenvalue weighted by Gasteiger charge is -2.42. The summed E-state index contributed by atoms with van der Waals surface area (Å²) in [6.07, 6.45) is 3.00. The minimum absolute atomic E-state index is 0.0183. The summed E-state index contributed by atoms with van der Waals surface area (Å²) in [5.74, 6) is 0.282. The molecule has 1 heterocycles. The van der Waals surface area contributed by atoms with Crippen molar-refractivity contribution in [1.29, 1.82) is 0 Å². The predicted molar refractivity (Wildman–Crippen MR) is 90.5 cm³/mol. The summed E-state index contributed by atoms with van der Waals surface area (Å²) in [6, 6.07) is 4.95. The molecule has 1 aromatic carbocycles. The van der Waals surface area contributed by atoms with Crippen LogP contribution in [0.4, 0.5) is 4.39 Å². The Balaban J connectivity index is 2.02. The molecule has 0 bridgehead atoms. The molecule has 5 nitrogen and oxygen atoms in total. The SMILES string of the molecule is CNC(=O)CCC1(OC)CCCN(Cc2ccc(OC)cc2F)C1. The summed E-state index contributed by atoms with van der Waals surface area (Å²) in [4.78, 5) is 13.7. The molecule has 0 aliphatic carbocycles. The zero-order valence-corrected chi connectivity index (χ0v) is 14.7. The monoisotopic (exact) mass is 338 g/mol. The van der Waals surface area contributed by atoms with Crippen molar-refractivity contribution in [2.75, 3.05) is 34.4 Å². The molecule has 0 aromatic heterocycles. The molecule has 1 aromatic rings. The molecule has 1 atom stereocenters. The summed E-state index contributed by atoms with van der Waals surface area (Å²) in [7, 11) is 4.86. The maximum absolute atomic E-state index is 14.2. The van der Waals surface area contributed by atoms with Crippen LogP contribution in [0.5, 0.6) is 5.75 Å². The summed E-state index contributed by atoms with van der Waals surface area (Å²) in [5, 5.41) is 2.65. The molecule has 2 rings (SSSR count). The Kier molecular flexibility index (Phi) is 6.57. The molecule has 1 saturated heterocycles. The highest BCUT2D eigenvalue weighted by Crippen LogP contribution is 2.30. The fraction of sp³-hybridized carbons (Fsp3) is 0.611. The Hall–Kier alpha value is -1.66. The number of halogens is 1. The summed E-state index contributed by atoms with van der Waals surface area (Å²) in [5.41, 5.74) is 0.308. The molecule has 6 heteroatoms. The molecule has 1 aliphatic rings. The molecule has 1 N–H and O–H groups in total. The largest absolute Gasteiger partial charge is 0.497 e. The van der Waals surface area contributed by atoms with Gasteiger partial charge in [0.2, 0.25) is 5.91 Å². The van der Waals surface area contributed by atoms with Crippen LogP contribution in [0.25, 0.3) is 0 Å². The van der Waals surface area contributed by atoms with Crippen molar-refractivity contribution in [2.24, 2.45) is 0 Å². The van der Waals surface area contributed by atoms with Gasteiger partial charge in [0.25, 0.3) is 0 Å². The molecule has 0 spiro atoms. The first kappa shape index (κ1) is 18.7. The fourth-order valence-electron chi connectivity index (χ4n) is 3.29. The average molecular weight is 338 g/mol. The first-order chi connectivity index (χ1) is 11.5. The third-order valence-electron chi connectivity index (χ3n) is 4.79. The van der Waals surface area contributed by atoms with Crippen LogP contribution < -0.4 is 10.1 Å². The van der Waals surface area contributed by atoms with Gasteiger partial charge in [-0.25, -0.2) is 4.39 Å². The van der Waals surface area contributed by atoms with Crippen LogP contribution in [-0.4, -0.2) is 50.8 Å². The normalized spacial score (nSPS) is 21.5. The van der Waals surface area contributed by atoms with E-state index in [1.165, 1.54) is 13.2 Å². The van der Waals surface area contributed by atoms with E-state index in [2.05, 4.69) is 10.2 Å².